The third kappa shape index (κ3) is 3.55. The van der Waals surface area contributed by atoms with Crippen LogP contribution in [0.5, 0.6) is 0 Å². The minimum Gasteiger partial charge on any atom is -0.396 e. The van der Waals surface area contributed by atoms with Crippen LogP contribution in [0, 0.1) is 11.8 Å². The molecule has 1 aliphatic carbocycles. The summed E-state index contributed by atoms with van der Waals surface area (Å²) in [6.45, 7) is 4.04. The van der Waals surface area contributed by atoms with Crippen molar-refractivity contribution in [2.45, 2.75) is 45.1 Å². The van der Waals surface area contributed by atoms with Crippen LogP contribution in [0.25, 0.3) is 0 Å². The monoisotopic (exact) mass is 279 g/mol. The number of rotatable bonds is 6. The fourth-order valence-electron chi connectivity index (χ4n) is 3.45. The van der Waals surface area contributed by atoms with Crippen LogP contribution in [0.2, 0.25) is 0 Å². The van der Waals surface area contributed by atoms with Crippen molar-refractivity contribution >= 4 is 11.6 Å². The van der Waals surface area contributed by atoms with Gasteiger partial charge >= 0.3 is 0 Å². The highest BCUT2D eigenvalue weighted by atomic mass is 16.3. The van der Waals surface area contributed by atoms with Gasteiger partial charge in [0.15, 0.2) is 5.78 Å². The first kappa shape index (κ1) is 15.4. The van der Waals surface area contributed by atoms with Crippen molar-refractivity contribution in [1.82, 2.24) is 4.90 Å². The average Bonchev–Trinajstić information content (AvgIpc) is 2.83. The molecule has 20 heavy (non-hydrogen) atoms. The molecule has 0 aromatic heterocycles. The molecule has 1 unspecified atom stereocenters. The summed E-state index contributed by atoms with van der Waals surface area (Å²) in [6, 6.07) is 0.264. The van der Waals surface area contributed by atoms with E-state index in [1.165, 1.54) is 0 Å². The minimum absolute atomic E-state index is 0.0198. The maximum Gasteiger partial charge on any atom is 0.166 e. The molecule has 0 saturated carbocycles. The molecule has 1 N–H and O–H groups in total. The normalized spacial score (nSPS) is 30.9. The van der Waals surface area contributed by atoms with E-state index in [1.54, 1.807) is 6.08 Å². The SMILES string of the molecule is C[C@H]1CC=CC(=O)[C@@H]1C(=O)CC1CCCN1CCCO. The Morgan fingerprint density at radius 3 is 3.00 bits per heavy atom. The van der Waals surface area contributed by atoms with Gasteiger partial charge in [-0.25, -0.2) is 0 Å². The number of likely N-dealkylation sites (tertiary alicyclic amines) is 1. The summed E-state index contributed by atoms with van der Waals surface area (Å²) in [5.74, 6) is -0.214. The lowest BCUT2D eigenvalue weighted by Crippen LogP contribution is -2.37. The standard InChI is InChI=1S/C16H25NO3/c1-12-5-2-7-14(19)16(12)15(20)11-13-6-3-8-17(13)9-4-10-18/h2,7,12-13,16,18H,3-6,8-11H2,1H3/t12-,13?,16+/m0/s1. The van der Waals surface area contributed by atoms with E-state index < -0.39 is 5.92 Å². The minimum atomic E-state index is -0.430. The Balaban J connectivity index is 1.93. The van der Waals surface area contributed by atoms with Gasteiger partial charge in [-0.2, -0.15) is 0 Å². The molecule has 0 aromatic carbocycles. The molecule has 112 valence electrons. The number of aliphatic hydroxyl groups excluding tert-OH is 1. The molecule has 1 fully saturated rings. The molecule has 1 heterocycles. The van der Waals surface area contributed by atoms with Crippen LogP contribution >= 0.6 is 0 Å². The van der Waals surface area contributed by atoms with Crippen molar-refractivity contribution < 1.29 is 14.7 Å². The summed E-state index contributed by atoms with van der Waals surface area (Å²) in [7, 11) is 0. The van der Waals surface area contributed by atoms with Gasteiger partial charge in [-0.15, -0.1) is 0 Å². The quantitative estimate of drug-likeness (QED) is 0.750. The Labute approximate surface area is 120 Å². The molecule has 4 nitrogen and oxygen atoms in total. The largest absolute Gasteiger partial charge is 0.396 e. The fraction of sp³-hybridized carbons (Fsp3) is 0.750. The number of hydrogen-bond donors (Lipinski definition) is 1. The summed E-state index contributed by atoms with van der Waals surface area (Å²) in [5.41, 5.74) is 0. The highest BCUT2D eigenvalue weighted by Gasteiger charge is 2.35. The molecule has 1 aliphatic heterocycles. The number of nitrogens with zero attached hydrogens (tertiary/aromatic N) is 1. The summed E-state index contributed by atoms with van der Waals surface area (Å²) in [5, 5.41) is 8.92. The lowest BCUT2D eigenvalue weighted by molar-refractivity contribution is -0.133. The second-order valence-corrected chi connectivity index (χ2v) is 6.08. The van der Waals surface area contributed by atoms with E-state index in [0.29, 0.717) is 6.42 Å². The number of allylic oxidation sites excluding steroid dienone is 2. The van der Waals surface area contributed by atoms with Crippen molar-refractivity contribution in [2.75, 3.05) is 19.7 Å². The zero-order valence-electron chi connectivity index (χ0n) is 12.3. The van der Waals surface area contributed by atoms with Crippen molar-refractivity contribution in [2.24, 2.45) is 11.8 Å². The molecule has 0 aromatic rings. The lowest BCUT2D eigenvalue weighted by Gasteiger charge is -2.27. The predicted molar refractivity (Wildman–Crippen MR) is 77.3 cm³/mol. The summed E-state index contributed by atoms with van der Waals surface area (Å²) in [4.78, 5) is 26.7. The van der Waals surface area contributed by atoms with E-state index in [4.69, 9.17) is 5.11 Å². The Morgan fingerprint density at radius 1 is 1.50 bits per heavy atom. The average molecular weight is 279 g/mol. The topological polar surface area (TPSA) is 57.6 Å². The maximum absolute atomic E-state index is 12.5. The van der Waals surface area contributed by atoms with Crippen LogP contribution in [-0.2, 0) is 9.59 Å². The summed E-state index contributed by atoms with van der Waals surface area (Å²) >= 11 is 0. The highest BCUT2D eigenvalue weighted by molar-refractivity contribution is 6.08. The molecular formula is C16H25NO3. The first-order chi connectivity index (χ1) is 9.63. The highest BCUT2D eigenvalue weighted by Crippen LogP contribution is 2.28. The Bertz CT molecular complexity index is 391. The number of hydrogen-bond acceptors (Lipinski definition) is 4. The van der Waals surface area contributed by atoms with Crippen LogP contribution in [0.15, 0.2) is 12.2 Å². The van der Waals surface area contributed by atoms with Crippen LogP contribution in [0.4, 0.5) is 0 Å². The number of aliphatic hydroxyl groups is 1. The Kier molecular flexibility index (Phi) is 5.49. The van der Waals surface area contributed by atoms with E-state index in [2.05, 4.69) is 4.90 Å². The van der Waals surface area contributed by atoms with Crippen molar-refractivity contribution in [1.29, 1.82) is 0 Å². The summed E-state index contributed by atoms with van der Waals surface area (Å²) in [6.07, 6.45) is 7.65. The number of Topliss-reactive ketones (excluding diaryl/α,β-unsaturated/α-hetero) is 1. The molecule has 3 atom stereocenters. The van der Waals surface area contributed by atoms with Crippen LogP contribution in [-0.4, -0.2) is 47.3 Å². The fourth-order valence-corrected chi connectivity index (χ4v) is 3.45. The number of ketones is 2. The van der Waals surface area contributed by atoms with E-state index in [9.17, 15) is 9.59 Å². The third-order valence-corrected chi connectivity index (χ3v) is 4.55. The van der Waals surface area contributed by atoms with Gasteiger partial charge in [0, 0.05) is 25.6 Å². The van der Waals surface area contributed by atoms with Crippen LogP contribution < -0.4 is 0 Å². The van der Waals surface area contributed by atoms with Gasteiger partial charge in [-0.1, -0.05) is 13.0 Å². The van der Waals surface area contributed by atoms with E-state index in [1.807, 2.05) is 13.0 Å². The zero-order valence-corrected chi connectivity index (χ0v) is 12.3. The second-order valence-electron chi connectivity index (χ2n) is 6.08. The van der Waals surface area contributed by atoms with Gasteiger partial charge in [-0.3, -0.25) is 14.5 Å². The smallest absolute Gasteiger partial charge is 0.166 e. The first-order valence-electron chi connectivity index (χ1n) is 7.71. The van der Waals surface area contributed by atoms with Crippen molar-refractivity contribution in [3.05, 3.63) is 12.2 Å². The van der Waals surface area contributed by atoms with Gasteiger partial charge in [-0.05, 0) is 44.2 Å². The summed E-state index contributed by atoms with van der Waals surface area (Å²) < 4.78 is 0. The van der Waals surface area contributed by atoms with Crippen LogP contribution in [0.1, 0.15) is 39.0 Å². The van der Waals surface area contributed by atoms with Crippen molar-refractivity contribution in [3.8, 4) is 0 Å². The zero-order chi connectivity index (χ0) is 14.5. The molecule has 0 spiro atoms. The molecule has 4 heteroatoms. The van der Waals surface area contributed by atoms with Gasteiger partial charge in [0.1, 0.15) is 5.78 Å². The van der Waals surface area contributed by atoms with Gasteiger partial charge in [0.2, 0.25) is 0 Å². The maximum atomic E-state index is 12.5. The van der Waals surface area contributed by atoms with Crippen molar-refractivity contribution in [3.63, 3.8) is 0 Å². The lowest BCUT2D eigenvalue weighted by atomic mass is 9.79. The molecular weight excluding hydrogens is 254 g/mol. The molecule has 1 saturated heterocycles. The second kappa shape index (κ2) is 7.14. The molecule has 2 rings (SSSR count). The molecule has 2 aliphatic rings. The van der Waals surface area contributed by atoms with Gasteiger partial charge in [0.25, 0.3) is 0 Å². The number of carbonyl (C=O) groups excluding carboxylic acids is 2. The van der Waals surface area contributed by atoms with E-state index in [0.717, 1.165) is 38.8 Å². The number of carbonyl (C=O) groups is 2. The predicted octanol–water partition coefficient (Wildman–Crippen LogP) is 1.57. The van der Waals surface area contributed by atoms with Gasteiger partial charge < -0.3 is 5.11 Å². The molecule has 0 amide bonds. The van der Waals surface area contributed by atoms with E-state index >= 15 is 0 Å². The van der Waals surface area contributed by atoms with E-state index in [-0.39, 0.29) is 30.1 Å². The van der Waals surface area contributed by atoms with Crippen LogP contribution in [0.3, 0.4) is 0 Å². The third-order valence-electron chi connectivity index (χ3n) is 4.55. The molecule has 0 bridgehead atoms. The van der Waals surface area contributed by atoms with Gasteiger partial charge in [0.05, 0.1) is 5.92 Å². The molecule has 0 radical (unpaired) electrons. The Hall–Kier alpha value is -1.00. The Morgan fingerprint density at radius 2 is 2.30 bits per heavy atom. The first-order valence-corrected chi connectivity index (χ1v) is 7.71.